The van der Waals surface area contributed by atoms with E-state index in [0.717, 1.165) is 25.2 Å². The van der Waals surface area contributed by atoms with Crippen LogP contribution in [0.15, 0.2) is 48.5 Å². The number of carbonyl (C=O) groups is 1. The van der Waals surface area contributed by atoms with Crippen molar-refractivity contribution in [1.82, 2.24) is 4.90 Å². The topological polar surface area (TPSA) is 26.8 Å². The number of hydrogen-bond donors (Lipinski definition) is 0. The molecule has 4 heteroatoms. The summed E-state index contributed by atoms with van der Waals surface area (Å²) in [7, 11) is 4.07. The molecule has 4 rings (SSSR count). The standard InChI is InChI=1S/C22H27N3O/c1-16-9-10-20-18(13-16)19-14-23(2)12-11-21(19)25(20)15-22(26)24(3)17-7-5-4-6-8-17/h4-10,13,19,21H,11-12,14-15H2,1-3H3/t19-,21-/m0/s1. The van der Waals surface area contributed by atoms with Crippen LogP contribution in [0.2, 0.25) is 0 Å². The average molecular weight is 349 g/mol. The van der Waals surface area contributed by atoms with Gasteiger partial charge in [0.05, 0.1) is 6.54 Å². The fraction of sp³-hybridized carbons (Fsp3) is 0.409. The summed E-state index contributed by atoms with van der Waals surface area (Å²) >= 11 is 0. The van der Waals surface area contributed by atoms with Crippen LogP contribution in [0, 0.1) is 6.92 Å². The first-order chi connectivity index (χ1) is 12.5. The van der Waals surface area contributed by atoms with Gasteiger partial charge < -0.3 is 14.7 Å². The van der Waals surface area contributed by atoms with Gasteiger partial charge in [-0.25, -0.2) is 0 Å². The fourth-order valence-corrected chi connectivity index (χ4v) is 4.44. The van der Waals surface area contributed by atoms with E-state index in [1.54, 1.807) is 4.90 Å². The zero-order valence-corrected chi connectivity index (χ0v) is 15.9. The summed E-state index contributed by atoms with van der Waals surface area (Å²) in [6.07, 6.45) is 1.11. The summed E-state index contributed by atoms with van der Waals surface area (Å²) in [6.45, 7) is 4.75. The Morgan fingerprint density at radius 2 is 1.96 bits per heavy atom. The van der Waals surface area contributed by atoms with Crippen molar-refractivity contribution in [2.75, 3.05) is 43.5 Å². The molecule has 2 aliphatic rings. The highest BCUT2D eigenvalue weighted by Gasteiger charge is 2.41. The Hall–Kier alpha value is -2.33. The summed E-state index contributed by atoms with van der Waals surface area (Å²) in [5.74, 6) is 0.640. The van der Waals surface area contributed by atoms with E-state index < -0.39 is 0 Å². The normalized spacial score (nSPS) is 22.0. The van der Waals surface area contributed by atoms with E-state index in [-0.39, 0.29) is 5.91 Å². The quantitative estimate of drug-likeness (QED) is 0.851. The second-order valence-corrected chi connectivity index (χ2v) is 7.70. The summed E-state index contributed by atoms with van der Waals surface area (Å²) in [5, 5.41) is 0. The van der Waals surface area contributed by atoms with E-state index in [2.05, 4.69) is 42.0 Å². The van der Waals surface area contributed by atoms with Crippen molar-refractivity contribution in [2.45, 2.75) is 25.3 Å². The second kappa shape index (κ2) is 6.76. The lowest BCUT2D eigenvalue weighted by Gasteiger charge is -2.37. The van der Waals surface area contributed by atoms with Gasteiger partial charge in [-0.3, -0.25) is 4.79 Å². The maximum absolute atomic E-state index is 13.0. The molecular formula is C22H27N3O. The van der Waals surface area contributed by atoms with Gasteiger partial charge in [0.15, 0.2) is 0 Å². The van der Waals surface area contributed by atoms with Crippen LogP contribution < -0.4 is 9.80 Å². The Bertz CT molecular complexity index is 804. The zero-order valence-electron chi connectivity index (χ0n) is 15.9. The van der Waals surface area contributed by atoms with Gasteiger partial charge in [0.25, 0.3) is 0 Å². The molecule has 2 atom stereocenters. The number of anilines is 2. The third-order valence-corrected chi connectivity index (χ3v) is 5.89. The van der Waals surface area contributed by atoms with Crippen LogP contribution in [0.5, 0.6) is 0 Å². The van der Waals surface area contributed by atoms with Crippen molar-refractivity contribution >= 4 is 17.3 Å². The number of benzene rings is 2. The van der Waals surface area contributed by atoms with Gasteiger partial charge >= 0.3 is 0 Å². The van der Waals surface area contributed by atoms with E-state index in [0.29, 0.717) is 18.5 Å². The number of aryl methyl sites for hydroxylation is 1. The molecule has 0 N–H and O–H groups in total. The van der Waals surface area contributed by atoms with E-state index >= 15 is 0 Å². The number of para-hydroxylation sites is 1. The lowest BCUT2D eigenvalue weighted by Crippen LogP contribution is -2.48. The predicted octanol–water partition coefficient (Wildman–Crippen LogP) is 3.27. The third kappa shape index (κ3) is 2.99. The number of likely N-dealkylation sites (tertiary alicyclic amines) is 1. The minimum atomic E-state index is 0.141. The van der Waals surface area contributed by atoms with E-state index in [1.165, 1.54) is 16.8 Å². The molecule has 1 amide bonds. The van der Waals surface area contributed by atoms with Gasteiger partial charge in [-0.2, -0.15) is 0 Å². The first kappa shape index (κ1) is 17.1. The van der Waals surface area contributed by atoms with Crippen molar-refractivity contribution in [1.29, 1.82) is 0 Å². The van der Waals surface area contributed by atoms with Crippen LogP contribution in [0.25, 0.3) is 0 Å². The van der Waals surface area contributed by atoms with E-state index in [9.17, 15) is 4.79 Å². The van der Waals surface area contributed by atoms with Crippen molar-refractivity contribution in [3.63, 3.8) is 0 Å². The zero-order chi connectivity index (χ0) is 18.3. The fourth-order valence-electron chi connectivity index (χ4n) is 4.44. The minimum Gasteiger partial charge on any atom is -0.358 e. The number of carbonyl (C=O) groups excluding carboxylic acids is 1. The molecule has 26 heavy (non-hydrogen) atoms. The highest BCUT2D eigenvalue weighted by molar-refractivity contribution is 5.96. The number of fused-ring (bicyclic) bond motifs is 3. The van der Waals surface area contributed by atoms with Crippen LogP contribution >= 0.6 is 0 Å². The molecule has 2 aromatic carbocycles. The largest absolute Gasteiger partial charge is 0.358 e. The van der Waals surface area contributed by atoms with Gasteiger partial charge in [0.1, 0.15) is 0 Å². The van der Waals surface area contributed by atoms with Gasteiger partial charge in [-0.1, -0.05) is 35.9 Å². The highest BCUT2D eigenvalue weighted by Crippen LogP contribution is 2.44. The molecule has 1 saturated heterocycles. The molecule has 0 aromatic heterocycles. The first-order valence-corrected chi connectivity index (χ1v) is 9.42. The molecule has 0 radical (unpaired) electrons. The number of rotatable bonds is 3. The lowest BCUT2D eigenvalue weighted by atomic mass is 9.89. The van der Waals surface area contributed by atoms with Crippen LogP contribution in [0.3, 0.4) is 0 Å². The molecule has 0 bridgehead atoms. The van der Waals surface area contributed by atoms with Crippen molar-refractivity contribution < 1.29 is 4.79 Å². The molecule has 2 heterocycles. The number of hydrogen-bond acceptors (Lipinski definition) is 3. The summed E-state index contributed by atoms with van der Waals surface area (Å²) in [5.41, 5.74) is 4.90. The Balaban J connectivity index is 1.61. The summed E-state index contributed by atoms with van der Waals surface area (Å²) < 4.78 is 0. The van der Waals surface area contributed by atoms with Crippen LogP contribution in [-0.2, 0) is 4.79 Å². The van der Waals surface area contributed by atoms with Crippen LogP contribution in [-0.4, -0.2) is 50.6 Å². The van der Waals surface area contributed by atoms with Gasteiger partial charge in [0, 0.05) is 36.9 Å². The summed E-state index contributed by atoms with van der Waals surface area (Å²) in [6, 6.07) is 17.0. The van der Waals surface area contributed by atoms with Crippen LogP contribution in [0.4, 0.5) is 11.4 Å². The molecule has 2 aliphatic heterocycles. The summed E-state index contributed by atoms with van der Waals surface area (Å²) in [4.78, 5) is 19.5. The maximum Gasteiger partial charge on any atom is 0.246 e. The third-order valence-electron chi connectivity index (χ3n) is 5.89. The number of piperidine rings is 1. The average Bonchev–Trinajstić information content (AvgIpc) is 2.94. The molecule has 0 saturated carbocycles. The van der Waals surface area contributed by atoms with Gasteiger partial charge in [-0.05, 0) is 50.7 Å². The molecule has 0 unspecified atom stereocenters. The SMILES string of the molecule is Cc1ccc2c(c1)[C@@H]1CN(C)CC[C@@H]1N2CC(=O)N(C)c1ccccc1. The number of nitrogens with zero attached hydrogens (tertiary/aromatic N) is 3. The second-order valence-electron chi connectivity index (χ2n) is 7.70. The molecule has 2 aromatic rings. The minimum absolute atomic E-state index is 0.141. The molecule has 0 spiro atoms. The van der Waals surface area contributed by atoms with E-state index in [1.807, 2.05) is 37.4 Å². The van der Waals surface area contributed by atoms with E-state index in [4.69, 9.17) is 0 Å². The number of likely N-dealkylation sites (N-methyl/N-ethyl adjacent to an activating group) is 2. The molecule has 0 aliphatic carbocycles. The monoisotopic (exact) mass is 349 g/mol. The number of amides is 1. The molecule has 1 fully saturated rings. The Labute approximate surface area is 156 Å². The van der Waals surface area contributed by atoms with Crippen LogP contribution in [0.1, 0.15) is 23.5 Å². The van der Waals surface area contributed by atoms with Gasteiger partial charge in [-0.15, -0.1) is 0 Å². The van der Waals surface area contributed by atoms with Crippen molar-refractivity contribution in [3.8, 4) is 0 Å². The molecule has 4 nitrogen and oxygen atoms in total. The Kier molecular flexibility index (Phi) is 4.45. The van der Waals surface area contributed by atoms with Gasteiger partial charge in [0.2, 0.25) is 5.91 Å². The highest BCUT2D eigenvalue weighted by atomic mass is 16.2. The molecule has 136 valence electrons. The first-order valence-electron chi connectivity index (χ1n) is 9.42. The van der Waals surface area contributed by atoms with Crippen molar-refractivity contribution in [3.05, 3.63) is 59.7 Å². The Morgan fingerprint density at radius 3 is 2.73 bits per heavy atom. The maximum atomic E-state index is 13.0. The lowest BCUT2D eigenvalue weighted by molar-refractivity contribution is -0.117. The van der Waals surface area contributed by atoms with Crippen molar-refractivity contribution in [2.24, 2.45) is 0 Å². The molecular weight excluding hydrogens is 322 g/mol. The predicted molar refractivity (Wildman–Crippen MR) is 107 cm³/mol. The smallest absolute Gasteiger partial charge is 0.246 e. The Morgan fingerprint density at radius 1 is 1.19 bits per heavy atom.